The van der Waals surface area contributed by atoms with Gasteiger partial charge in [-0.1, -0.05) is 13.8 Å². The van der Waals surface area contributed by atoms with Crippen molar-refractivity contribution in [1.82, 2.24) is 0 Å². The fourth-order valence-corrected chi connectivity index (χ4v) is 5.64. The summed E-state index contributed by atoms with van der Waals surface area (Å²) in [6, 6.07) is 0. The number of ether oxygens (including phenoxy) is 1. The van der Waals surface area contributed by atoms with E-state index in [0.29, 0.717) is 31.8 Å². The fraction of sp³-hybridized carbons (Fsp3) is 1.00. The van der Waals surface area contributed by atoms with Crippen molar-refractivity contribution in [3.05, 3.63) is 0 Å². The summed E-state index contributed by atoms with van der Waals surface area (Å²) < 4.78 is 29.3. The van der Waals surface area contributed by atoms with Crippen molar-refractivity contribution in [2.75, 3.05) is 24.7 Å². The zero-order valence-electron chi connectivity index (χ0n) is 11.8. The minimum Gasteiger partial charge on any atom is -0.389 e. The van der Waals surface area contributed by atoms with E-state index in [-0.39, 0.29) is 24.2 Å². The van der Waals surface area contributed by atoms with Gasteiger partial charge >= 0.3 is 0 Å². The van der Waals surface area contributed by atoms with Gasteiger partial charge in [-0.15, -0.1) is 0 Å². The van der Waals surface area contributed by atoms with Crippen LogP contribution in [0.4, 0.5) is 0 Å². The van der Waals surface area contributed by atoms with Crippen molar-refractivity contribution in [1.29, 1.82) is 0 Å². The first kappa shape index (κ1) is 15.2. The maximum absolute atomic E-state index is 11.8. The molecule has 2 rings (SSSR count). The Morgan fingerprint density at radius 2 is 2.11 bits per heavy atom. The molecule has 0 radical (unpaired) electrons. The van der Waals surface area contributed by atoms with E-state index >= 15 is 0 Å². The van der Waals surface area contributed by atoms with E-state index in [2.05, 4.69) is 13.8 Å². The molecular weight excluding hydrogens is 266 g/mol. The van der Waals surface area contributed by atoms with Gasteiger partial charge in [0.15, 0.2) is 9.84 Å². The van der Waals surface area contributed by atoms with Crippen LogP contribution in [0.2, 0.25) is 0 Å². The fourth-order valence-electron chi connectivity index (χ4n) is 3.42. The van der Waals surface area contributed by atoms with Gasteiger partial charge < -0.3 is 15.6 Å². The highest BCUT2D eigenvalue weighted by molar-refractivity contribution is 7.91. The highest BCUT2D eigenvalue weighted by Crippen LogP contribution is 2.47. The molecular formula is C13H25NO4S. The lowest BCUT2D eigenvalue weighted by Crippen LogP contribution is -2.58. The van der Waals surface area contributed by atoms with Crippen LogP contribution < -0.4 is 5.73 Å². The summed E-state index contributed by atoms with van der Waals surface area (Å²) in [7, 11) is -3.07. The molecule has 2 saturated heterocycles. The van der Waals surface area contributed by atoms with E-state index in [1.165, 1.54) is 0 Å². The number of hydrogen-bond acceptors (Lipinski definition) is 5. The lowest BCUT2D eigenvalue weighted by Gasteiger charge is -2.49. The predicted octanol–water partition coefficient (Wildman–Crippen LogP) is 0.316. The van der Waals surface area contributed by atoms with Crippen molar-refractivity contribution in [3.8, 4) is 0 Å². The normalized spacial score (nSPS) is 42.7. The summed E-state index contributed by atoms with van der Waals surface area (Å²) in [5, 5.41) is 11.0. The van der Waals surface area contributed by atoms with Gasteiger partial charge in [-0.3, -0.25) is 0 Å². The largest absolute Gasteiger partial charge is 0.389 e. The van der Waals surface area contributed by atoms with Crippen LogP contribution in [0.25, 0.3) is 0 Å². The lowest BCUT2D eigenvalue weighted by atomic mass is 9.65. The third-order valence-electron chi connectivity index (χ3n) is 4.90. The summed E-state index contributed by atoms with van der Waals surface area (Å²) in [4.78, 5) is 0. The number of rotatable bonds is 3. The van der Waals surface area contributed by atoms with E-state index in [4.69, 9.17) is 10.5 Å². The van der Waals surface area contributed by atoms with Gasteiger partial charge in [0.2, 0.25) is 0 Å². The number of nitrogens with two attached hydrogens (primary N) is 1. The molecule has 0 bridgehead atoms. The van der Waals surface area contributed by atoms with E-state index in [1.807, 2.05) is 0 Å². The molecule has 0 saturated carbocycles. The van der Waals surface area contributed by atoms with Gasteiger partial charge in [-0.2, -0.15) is 0 Å². The third-order valence-corrected chi connectivity index (χ3v) is 6.71. The lowest BCUT2D eigenvalue weighted by molar-refractivity contribution is -0.167. The Morgan fingerprint density at radius 1 is 1.42 bits per heavy atom. The van der Waals surface area contributed by atoms with Crippen LogP contribution in [-0.4, -0.2) is 49.9 Å². The molecule has 0 aliphatic carbocycles. The van der Waals surface area contributed by atoms with Crippen molar-refractivity contribution in [3.63, 3.8) is 0 Å². The van der Waals surface area contributed by atoms with E-state index in [1.54, 1.807) is 0 Å². The predicted molar refractivity (Wildman–Crippen MR) is 73.5 cm³/mol. The Hall–Kier alpha value is -0.170. The molecule has 2 aliphatic rings. The second-order valence-electron chi connectivity index (χ2n) is 6.47. The maximum atomic E-state index is 11.8. The smallest absolute Gasteiger partial charge is 0.151 e. The average molecular weight is 291 g/mol. The van der Waals surface area contributed by atoms with Gasteiger partial charge in [-0.25, -0.2) is 8.42 Å². The molecule has 0 spiro atoms. The summed E-state index contributed by atoms with van der Waals surface area (Å²) in [6.07, 6.45) is 1.40. The Kier molecular flexibility index (Phi) is 3.99. The van der Waals surface area contributed by atoms with Crippen LogP contribution in [0.15, 0.2) is 0 Å². The van der Waals surface area contributed by atoms with Gasteiger partial charge in [0.25, 0.3) is 0 Å². The molecule has 0 aromatic heterocycles. The molecule has 112 valence electrons. The topological polar surface area (TPSA) is 89.6 Å². The first-order chi connectivity index (χ1) is 8.74. The van der Waals surface area contributed by atoms with Crippen LogP contribution >= 0.6 is 0 Å². The zero-order valence-corrected chi connectivity index (χ0v) is 12.6. The minimum absolute atomic E-state index is 0.0117. The van der Waals surface area contributed by atoms with Crippen molar-refractivity contribution >= 4 is 9.84 Å². The molecule has 5 nitrogen and oxygen atoms in total. The molecule has 19 heavy (non-hydrogen) atoms. The Labute approximate surface area is 115 Å². The zero-order chi connectivity index (χ0) is 14.3. The highest BCUT2D eigenvalue weighted by Gasteiger charge is 2.57. The Bertz CT molecular complexity index is 436. The number of aliphatic hydroxyl groups is 1. The molecule has 0 aromatic carbocycles. The van der Waals surface area contributed by atoms with E-state index < -0.39 is 20.9 Å². The second-order valence-corrected chi connectivity index (χ2v) is 8.65. The average Bonchev–Trinajstić information content (AvgIpc) is 2.67. The monoisotopic (exact) mass is 291 g/mol. The third kappa shape index (κ3) is 2.68. The molecule has 2 fully saturated rings. The molecule has 2 heterocycles. The van der Waals surface area contributed by atoms with Crippen LogP contribution in [0.5, 0.6) is 0 Å². The molecule has 0 aromatic rings. The first-order valence-electron chi connectivity index (χ1n) is 6.98. The molecule has 3 unspecified atom stereocenters. The van der Waals surface area contributed by atoms with Crippen molar-refractivity contribution in [2.24, 2.45) is 17.1 Å². The Morgan fingerprint density at radius 3 is 2.58 bits per heavy atom. The van der Waals surface area contributed by atoms with Gasteiger partial charge in [0, 0.05) is 31.4 Å². The van der Waals surface area contributed by atoms with Crippen LogP contribution in [-0.2, 0) is 14.6 Å². The number of sulfone groups is 1. The summed E-state index contributed by atoms with van der Waals surface area (Å²) in [5.41, 5.74) is 4.16. The van der Waals surface area contributed by atoms with Crippen molar-refractivity contribution in [2.45, 2.75) is 44.8 Å². The molecule has 6 heteroatoms. The maximum Gasteiger partial charge on any atom is 0.151 e. The van der Waals surface area contributed by atoms with E-state index in [0.717, 1.165) is 0 Å². The minimum atomic E-state index is -3.07. The number of hydrogen-bond donors (Lipinski definition) is 2. The summed E-state index contributed by atoms with van der Waals surface area (Å²) >= 11 is 0. The quantitative estimate of drug-likeness (QED) is 0.781. The second kappa shape index (κ2) is 4.98. The van der Waals surface area contributed by atoms with Gasteiger partial charge in [-0.05, 0) is 12.3 Å². The van der Waals surface area contributed by atoms with Crippen molar-refractivity contribution < 1.29 is 18.3 Å². The Balaban J connectivity index is 2.27. The molecule has 0 amide bonds. The molecule has 3 atom stereocenters. The van der Waals surface area contributed by atoms with Crippen LogP contribution in [0.1, 0.15) is 33.1 Å². The van der Waals surface area contributed by atoms with Gasteiger partial charge in [0.1, 0.15) is 0 Å². The SMILES string of the molecule is CC(C)C1CC(O)(C2(CN)CCS(=O)(=O)C2)CCO1. The highest BCUT2D eigenvalue weighted by atomic mass is 32.2. The standard InChI is InChI=1S/C13H25NO4S/c1-10(2)11-7-13(15,3-5-18-11)12(8-14)4-6-19(16,17)9-12/h10-11,15H,3-9,14H2,1-2H3. The summed E-state index contributed by atoms with van der Waals surface area (Å²) in [6.45, 7) is 4.79. The summed E-state index contributed by atoms with van der Waals surface area (Å²) in [5.74, 6) is 0.456. The molecule has 3 N–H and O–H groups in total. The van der Waals surface area contributed by atoms with Gasteiger partial charge in [0.05, 0.1) is 23.2 Å². The first-order valence-corrected chi connectivity index (χ1v) is 8.80. The van der Waals surface area contributed by atoms with E-state index in [9.17, 15) is 13.5 Å². The van der Waals surface area contributed by atoms with Crippen LogP contribution in [0, 0.1) is 11.3 Å². The van der Waals surface area contributed by atoms with Crippen LogP contribution in [0.3, 0.4) is 0 Å². The molecule has 2 aliphatic heterocycles.